The number of thiophene rings is 2. The number of hydrogen-bond acceptors (Lipinski definition) is 4. The summed E-state index contributed by atoms with van der Waals surface area (Å²) in [7, 11) is 3.29. The van der Waals surface area contributed by atoms with Gasteiger partial charge >= 0.3 is 0 Å². The van der Waals surface area contributed by atoms with Crippen molar-refractivity contribution < 1.29 is 9.47 Å². The van der Waals surface area contributed by atoms with Crippen molar-refractivity contribution in [1.82, 2.24) is 0 Å². The van der Waals surface area contributed by atoms with Gasteiger partial charge in [-0.2, -0.15) is 0 Å². The molecule has 0 N–H and O–H groups in total. The molecule has 1 aromatic carbocycles. The maximum atomic E-state index is 6.63. The average Bonchev–Trinajstić information content (AvgIpc) is 3.07. The van der Waals surface area contributed by atoms with Gasteiger partial charge in [-0.05, 0) is 29.6 Å². The van der Waals surface area contributed by atoms with Gasteiger partial charge in [-0.3, -0.25) is 0 Å². The highest BCUT2D eigenvalue weighted by atomic mass is 35.5. The van der Waals surface area contributed by atoms with Gasteiger partial charge in [0.25, 0.3) is 0 Å². The standard InChI is InChI=1S/C15H13ClO2S2/c1-17-9-3-4-10(11(7-9)18-2)15(16)14-8-13-12(20-14)5-6-19-13/h3-8,15H,1-2H3. The van der Waals surface area contributed by atoms with Crippen LogP contribution in [-0.2, 0) is 0 Å². The molecular formula is C15H13ClO2S2. The molecule has 0 amide bonds. The summed E-state index contributed by atoms with van der Waals surface area (Å²) in [5.41, 5.74) is 0.962. The molecule has 0 bridgehead atoms. The Balaban J connectivity index is 2.00. The second-order valence-electron chi connectivity index (χ2n) is 4.27. The molecule has 0 aliphatic carbocycles. The number of hydrogen-bond donors (Lipinski definition) is 0. The highest BCUT2D eigenvalue weighted by molar-refractivity contribution is 7.27. The number of halogens is 1. The number of ether oxygens (including phenoxy) is 2. The van der Waals surface area contributed by atoms with Crippen LogP contribution in [0.2, 0.25) is 0 Å². The quantitative estimate of drug-likeness (QED) is 0.606. The molecule has 0 saturated carbocycles. The van der Waals surface area contributed by atoms with E-state index in [4.69, 9.17) is 21.1 Å². The van der Waals surface area contributed by atoms with Crippen molar-refractivity contribution in [3.63, 3.8) is 0 Å². The van der Waals surface area contributed by atoms with Gasteiger partial charge in [0.15, 0.2) is 0 Å². The zero-order chi connectivity index (χ0) is 14.1. The monoisotopic (exact) mass is 324 g/mol. The molecule has 2 nitrogen and oxygen atoms in total. The van der Waals surface area contributed by atoms with Crippen LogP contribution < -0.4 is 9.47 Å². The van der Waals surface area contributed by atoms with Crippen LogP contribution in [0.3, 0.4) is 0 Å². The summed E-state index contributed by atoms with van der Waals surface area (Å²) in [5.74, 6) is 1.52. The van der Waals surface area contributed by atoms with Crippen LogP contribution in [0.25, 0.3) is 9.40 Å². The van der Waals surface area contributed by atoms with E-state index in [1.807, 2.05) is 18.2 Å². The zero-order valence-electron chi connectivity index (χ0n) is 11.1. The smallest absolute Gasteiger partial charge is 0.127 e. The molecule has 20 heavy (non-hydrogen) atoms. The number of fused-ring (bicyclic) bond motifs is 1. The van der Waals surface area contributed by atoms with Gasteiger partial charge in [0.1, 0.15) is 11.5 Å². The van der Waals surface area contributed by atoms with Crippen molar-refractivity contribution in [2.75, 3.05) is 14.2 Å². The molecule has 0 aliphatic rings. The summed E-state index contributed by atoms with van der Waals surface area (Å²) < 4.78 is 13.2. The molecule has 1 atom stereocenters. The van der Waals surface area contributed by atoms with Crippen molar-refractivity contribution >= 4 is 43.7 Å². The highest BCUT2D eigenvalue weighted by Crippen LogP contribution is 2.42. The molecule has 2 heterocycles. The fraction of sp³-hybridized carbons (Fsp3) is 0.200. The molecule has 104 valence electrons. The second kappa shape index (κ2) is 5.64. The molecule has 5 heteroatoms. The summed E-state index contributed by atoms with van der Waals surface area (Å²) >= 11 is 10.1. The van der Waals surface area contributed by atoms with E-state index in [0.29, 0.717) is 0 Å². The normalized spacial score (nSPS) is 12.6. The molecule has 0 fully saturated rings. The lowest BCUT2D eigenvalue weighted by atomic mass is 10.1. The first-order valence-electron chi connectivity index (χ1n) is 6.06. The number of benzene rings is 1. The van der Waals surface area contributed by atoms with E-state index >= 15 is 0 Å². The molecule has 0 saturated heterocycles. The molecule has 3 aromatic rings. The van der Waals surface area contributed by atoms with Crippen LogP contribution in [0.15, 0.2) is 35.7 Å². The van der Waals surface area contributed by atoms with Gasteiger partial charge in [-0.1, -0.05) is 0 Å². The maximum Gasteiger partial charge on any atom is 0.127 e. The highest BCUT2D eigenvalue weighted by Gasteiger charge is 2.19. The van der Waals surface area contributed by atoms with E-state index in [1.54, 1.807) is 36.9 Å². The van der Waals surface area contributed by atoms with Crippen molar-refractivity contribution in [1.29, 1.82) is 0 Å². The van der Waals surface area contributed by atoms with Crippen LogP contribution in [0.4, 0.5) is 0 Å². The molecule has 0 radical (unpaired) electrons. The predicted molar refractivity (Wildman–Crippen MR) is 86.9 cm³/mol. The minimum Gasteiger partial charge on any atom is -0.497 e. The summed E-state index contributed by atoms with van der Waals surface area (Å²) in [6.45, 7) is 0. The fourth-order valence-electron chi connectivity index (χ4n) is 2.09. The van der Waals surface area contributed by atoms with Gasteiger partial charge < -0.3 is 9.47 Å². The summed E-state index contributed by atoms with van der Waals surface area (Å²) in [5, 5.41) is 1.89. The first-order valence-corrected chi connectivity index (χ1v) is 8.19. The van der Waals surface area contributed by atoms with Crippen molar-refractivity contribution in [2.24, 2.45) is 0 Å². The lowest BCUT2D eigenvalue weighted by Gasteiger charge is -2.14. The fourth-order valence-corrected chi connectivity index (χ4v) is 4.58. The average molecular weight is 325 g/mol. The van der Waals surface area contributed by atoms with E-state index in [2.05, 4.69) is 17.5 Å². The first kappa shape index (κ1) is 13.7. The number of alkyl halides is 1. The first-order chi connectivity index (χ1) is 9.72. The Bertz CT molecular complexity index is 704. The van der Waals surface area contributed by atoms with Crippen LogP contribution >= 0.6 is 34.3 Å². The summed E-state index contributed by atoms with van der Waals surface area (Å²) in [6.07, 6.45) is 0. The third-order valence-electron chi connectivity index (χ3n) is 3.12. The Hall–Kier alpha value is -1.23. The van der Waals surface area contributed by atoms with Crippen LogP contribution in [0.1, 0.15) is 15.8 Å². The zero-order valence-corrected chi connectivity index (χ0v) is 13.4. The summed E-state index contributed by atoms with van der Waals surface area (Å²) in [4.78, 5) is 1.14. The lowest BCUT2D eigenvalue weighted by molar-refractivity contribution is 0.391. The van der Waals surface area contributed by atoms with Gasteiger partial charge in [0, 0.05) is 25.9 Å². The number of methoxy groups -OCH3 is 2. The molecule has 1 unspecified atom stereocenters. The van der Waals surface area contributed by atoms with Crippen molar-refractivity contribution in [3.05, 3.63) is 46.2 Å². The van der Waals surface area contributed by atoms with Crippen LogP contribution in [0.5, 0.6) is 11.5 Å². The van der Waals surface area contributed by atoms with Crippen molar-refractivity contribution in [2.45, 2.75) is 5.38 Å². The van der Waals surface area contributed by atoms with E-state index in [-0.39, 0.29) is 5.38 Å². The van der Waals surface area contributed by atoms with Crippen LogP contribution in [-0.4, -0.2) is 14.2 Å². The van der Waals surface area contributed by atoms with E-state index in [1.165, 1.54) is 9.40 Å². The lowest BCUT2D eigenvalue weighted by Crippen LogP contribution is -1.96. The molecule has 3 rings (SSSR count). The Morgan fingerprint density at radius 2 is 1.90 bits per heavy atom. The SMILES string of the molecule is COc1ccc(C(Cl)c2cc3sccc3s2)c(OC)c1. The van der Waals surface area contributed by atoms with Gasteiger partial charge in [-0.15, -0.1) is 34.3 Å². The number of rotatable bonds is 4. The van der Waals surface area contributed by atoms with Gasteiger partial charge in [-0.25, -0.2) is 0 Å². The van der Waals surface area contributed by atoms with Crippen LogP contribution in [0, 0.1) is 0 Å². The third-order valence-corrected chi connectivity index (χ3v) is 5.88. The van der Waals surface area contributed by atoms with Crippen molar-refractivity contribution in [3.8, 4) is 11.5 Å². The second-order valence-corrected chi connectivity index (χ2v) is 6.77. The topological polar surface area (TPSA) is 18.5 Å². The van der Waals surface area contributed by atoms with E-state index in [0.717, 1.165) is 21.9 Å². The molecular weight excluding hydrogens is 312 g/mol. The predicted octanol–water partition coefficient (Wildman–Crippen LogP) is 5.31. The van der Waals surface area contributed by atoms with E-state index < -0.39 is 0 Å². The minimum absolute atomic E-state index is 0.208. The maximum absolute atomic E-state index is 6.63. The Kier molecular flexibility index (Phi) is 3.87. The van der Waals surface area contributed by atoms with E-state index in [9.17, 15) is 0 Å². The molecule has 0 aliphatic heterocycles. The van der Waals surface area contributed by atoms with Gasteiger partial charge in [0.05, 0.1) is 19.6 Å². The minimum atomic E-state index is -0.208. The molecule has 0 spiro atoms. The Morgan fingerprint density at radius 3 is 2.60 bits per heavy atom. The largest absolute Gasteiger partial charge is 0.497 e. The molecule has 2 aromatic heterocycles. The van der Waals surface area contributed by atoms with Gasteiger partial charge in [0.2, 0.25) is 0 Å². The Morgan fingerprint density at radius 1 is 1.05 bits per heavy atom. The third kappa shape index (κ3) is 2.39. The summed E-state index contributed by atoms with van der Waals surface area (Å²) in [6, 6.07) is 10.0. The Labute approximate surface area is 130 Å².